The summed E-state index contributed by atoms with van der Waals surface area (Å²) in [5.41, 5.74) is 8.96. The lowest BCUT2D eigenvalue weighted by atomic mass is 10.2. The van der Waals surface area contributed by atoms with E-state index in [9.17, 15) is 9.59 Å². The number of nitrogens with one attached hydrogen (secondary N) is 2. The number of anilines is 2. The van der Waals surface area contributed by atoms with E-state index in [1.807, 2.05) is 86.5 Å². The van der Waals surface area contributed by atoms with Crippen LogP contribution in [-0.4, -0.2) is 74.1 Å². The van der Waals surface area contributed by atoms with Crippen molar-refractivity contribution in [2.24, 2.45) is 10.2 Å². The highest BCUT2D eigenvalue weighted by Crippen LogP contribution is 2.28. The van der Waals surface area contributed by atoms with Crippen LogP contribution in [0.3, 0.4) is 0 Å². The third-order valence-electron chi connectivity index (χ3n) is 4.67. The van der Waals surface area contributed by atoms with Gasteiger partial charge in [0.25, 0.3) is 11.8 Å². The van der Waals surface area contributed by atoms with Gasteiger partial charge in [-0.05, 0) is 35.4 Å². The first-order valence-corrected chi connectivity index (χ1v) is 13.9. The van der Waals surface area contributed by atoms with Gasteiger partial charge in [-0.1, -0.05) is 59.1 Å². The first kappa shape index (κ1) is 28.2. The van der Waals surface area contributed by atoms with E-state index in [1.54, 1.807) is 12.4 Å². The van der Waals surface area contributed by atoms with Crippen LogP contribution in [0.5, 0.6) is 0 Å². The molecule has 1 aromatic heterocycles. The second-order valence-corrected chi connectivity index (χ2v) is 11.4. The Balaban J connectivity index is 1.34. The molecule has 0 aliphatic carbocycles. The summed E-state index contributed by atoms with van der Waals surface area (Å²) in [4.78, 5) is 28.1. The predicted molar refractivity (Wildman–Crippen MR) is 154 cm³/mol. The number of hydrazone groups is 2. The van der Waals surface area contributed by atoms with Gasteiger partial charge in [0, 0.05) is 39.6 Å². The van der Waals surface area contributed by atoms with Gasteiger partial charge in [-0.25, -0.2) is 10.9 Å². The van der Waals surface area contributed by atoms with E-state index in [0.717, 1.165) is 22.5 Å². The monoisotopic (exact) mass is 556 g/mol. The van der Waals surface area contributed by atoms with E-state index in [2.05, 4.69) is 31.3 Å². The third kappa shape index (κ3) is 9.86. The summed E-state index contributed by atoms with van der Waals surface area (Å²) in [6.07, 6.45) is 3.19. The Morgan fingerprint density at radius 2 is 1.14 bits per heavy atom. The van der Waals surface area contributed by atoms with Crippen LogP contribution in [0.4, 0.5) is 11.4 Å². The molecule has 0 bridgehead atoms. The fourth-order valence-corrected chi connectivity index (χ4v) is 5.31. The zero-order valence-electron chi connectivity index (χ0n) is 20.9. The number of hydrogen-bond donors (Lipinski definition) is 2. The maximum atomic E-state index is 12.1. The number of amides is 2. The molecule has 37 heavy (non-hydrogen) atoms. The molecule has 0 aliphatic rings. The fraction of sp³-hybridized carbons (Fsp3) is 0.250. The number of benzene rings is 2. The summed E-state index contributed by atoms with van der Waals surface area (Å²) >= 11 is 3.85. The molecular formula is C24H28N8O2S3. The normalized spacial score (nSPS) is 11.1. The van der Waals surface area contributed by atoms with Crippen LogP contribution in [0, 0.1) is 0 Å². The molecule has 0 spiro atoms. The van der Waals surface area contributed by atoms with Crippen molar-refractivity contribution >= 4 is 70.5 Å². The van der Waals surface area contributed by atoms with Crippen molar-refractivity contribution < 1.29 is 9.59 Å². The lowest BCUT2D eigenvalue weighted by molar-refractivity contribution is -0.119. The molecule has 0 atom stereocenters. The maximum absolute atomic E-state index is 12.1. The molecule has 3 rings (SSSR count). The summed E-state index contributed by atoms with van der Waals surface area (Å²) in [6.45, 7) is 0. The molecule has 10 nitrogen and oxygen atoms in total. The second kappa shape index (κ2) is 14.4. The van der Waals surface area contributed by atoms with E-state index < -0.39 is 0 Å². The Morgan fingerprint density at radius 3 is 1.49 bits per heavy atom. The number of thioether (sulfide) groups is 2. The first-order chi connectivity index (χ1) is 17.8. The van der Waals surface area contributed by atoms with Crippen LogP contribution in [-0.2, 0) is 9.59 Å². The largest absolute Gasteiger partial charge is 0.378 e. The molecule has 0 fully saturated rings. The molecule has 2 N–H and O–H groups in total. The lowest BCUT2D eigenvalue weighted by Crippen LogP contribution is -2.19. The molecule has 2 amide bonds. The maximum Gasteiger partial charge on any atom is 0.250 e. The molecule has 0 aliphatic heterocycles. The Labute approximate surface area is 228 Å². The fourth-order valence-electron chi connectivity index (χ4n) is 2.71. The van der Waals surface area contributed by atoms with Gasteiger partial charge in [0.15, 0.2) is 8.68 Å². The van der Waals surface area contributed by atoms with E-state index in [4.69, 9.17) is 0 Å². The molecule has 13 heteroatoms. The summed E-state index contributed by atoms with van der Waals surface area (Å²) in [7, 11) is 7.89. The standard InChI is InChI=1S/C24H28N8O2S3/c1-31(2)19-9-5-17(6-10-19)13-25-27-21(33)15-35-23-29-30-24(37-23)36-16-22(34)28-26-14-18-7-11-20(12-8-18)32(3)4/h5-14H,15-16H2,1-4H3,(H,27,33)(H,28,34). The van der Waals surface area contributed by atoms with E-state index in [1.165, 1.54) is 34.9 Å². The van der Waals surface area contributed by atoms with Crippen LogP contribution in [0.15, 0.2) is 67.4 Å². The molecule has 1 heterocycles. The molecule has 0 unspecified atom stereocenters. The number of aromatic nitrogens is 2. The summed E-state index contributed by atoms with van der Waals surface area (Å²) in [5, 5.41) is 16.1. The summed E-state index contributed by atoms with van der Waals surface area (Å²) in [5.74, 6) is -0.185. The van der Waals surface area contributed by atoms with Gasteiger partial charge in [-0.3, -0.25) is 9.59 Å². The van der Waals surface area contributed by atoms with Gasteiger partial charge >= 0.3 is 0 Å². The highest BCUT2D eigenvalue weighted by Gasteiger charge is 2.10. The minimum absolute atomic E-state index is 0.154. The van der Waals surface area contributed by atoms with E-state index in [-0.39, 0.29) is 23.3 Å². The molecule has 3 aromatic rings. The number of nitrogens with zero attached hydrogens (tertiary/aromatic N) is 6. The number of carbonyl (C=O) groups is 2. The van der Waals surface area contributed by atoms with Crippen molar-refractivity contribution in [1.29, 1.82) is 0 Å². The van der Waals surface area contributed by atoms with Crippen LogP contribution in [0.25, 0.3) is 0 Å². The second-order valence-electron chi connectivity index (χ2n) is 7.97. The Kier molecular flexibility index (Phi) is 10.9. The lowest BCUT2D eigenvalue weighted by Gasteiger charge is -2.11. The molecule has 0 radical (unpaired) electrons. The van der Waals surface area contributed by atoms with Crippen molar-refractivity contribution in [2.45, 2.75) is 8.68 Å². The van der Waals surface area contributed by atoms with Crippen molar-refractivity contribution in [3.8, 4) is 0 Å². The smallest absolute Gasteiger partial charge is 0.250 e. The average Bonchev–Trinajstić information content (AvgIpc) is 3.35. The minimum Gasteiger partial charge on any atom is -0.378 e. The SMILES string of the molecule is CN(C)c1ccc(C=NNC(=O)CSc2nnc(SCC(=O)NN=Cc3ccc(N(C)C)cc3)s2)cc1. The van der Waals surface area contributed by atoms with Crippen molar-refractivity contribution in [1.82, 2.24) is 21.0 Å². The summed E-state index contributed by atoms with van der Waals surface area (Å²) < 4.78 is 1.28. The van der Waals surface area contributed by atoms with Crippen LogP contribution in [0.1, 0.15) is 11.1 Å². The highest BCUT2D eigenvalue weighted by molar-refractivity contribution is 8.03. The van der Waals surface area contributed by atoms with E-state index >= 15 is 0 Å². The van der Waals surface area contributed by atoms with Crippen molar-refractivity contribution in [2.75, 3.05) is 49.5 Å². The van der Waals surface area contributed by atoms with Crippen LogP contribution >= 0.6 is 34.9 Å². The van der Waals surface area contributed by atoms with Gasteiger partial charge in [0.2, 0.25) is 0 Å². The minimum atomic E-state index is -0.246. The Bertz CT molecular complexity index is 1130. The number of carbonyl (C=O) groups excluding carboxylic acids is 2. The topological polar surface area (TPSA) is 115 Å². The zero-order chi connectivity index (χ0) is 26.6. The van der Waals surface area contributed by atoms with Gasteiger partial charge in [-0.15, -0.1) is 10.2 Å². The Hall–Kier alpha value is -3.42. The predicted octanol–water partition coefficient (Wildman–Crippen LogP) is 3.15. The van der Waals surface area contributed by atoms with Gasteiger partial charge < -0.3 is 9.80 Å². The highest BCUT2D eigenvalue weighted by atomic mass is 32.2. The quantitative estimate of drug-likeness (QED) is 0.199. The van der Waals surface area contributed by atoms with Gasteiger partial charge in [0.05, 0.1) is 23.9 Å². The van der Waals surface area contributed by atoms with Crippen molar-refractivity contribution in [3.63, 3.8) is 0 Å². The number of hydrogen-bond acceptors (Lipinski definition) is 11. The molecule has 2 aromatic carbocycles. The molecule has 0 saturated carbocycles. The molecular weight excluding hydrogens is 529 g/mol. The Morgan fingerprint density at radius 1 is 0.757 bits per heavy atom. The van der Waals surface area contributed by atoms with Crippen LogP contribution in [0.2, 0.25) is 0 Å². The zero-order valence-corrected chi connectivity index (χ0v) is 23.4. The summed E-state index contributed by atoms with van der Waals surface area (Å²) in [6, 6.07) is 15.6. The van der Waals surface area contributed by atoms with Gasteiger partial charge in [-0.2, -0.15) is 10.2 Å². The van der Waals surface area contributed by atoms with E-state index in [0.29, 0.717) is 8.68 Å². The average molecular weight is 557 g/mol. The first-order valence-electron chi connectivity index (χ1n) is 11.1. The van der Waals surface area contributed by atoms with Crippen LogP contribution < -0.4 is 20.7 Å². The number of rotatable bonds is 12. The van der Waals surface area contributed by atoms with Crippen molar-refractivity contribution in [3.05, 3.63) is 59.7 Å². The third-order valence-corrected chi connectivity index (χ3v) is 7.86. The molecule has 194 valence electrons. The molecule has 0 saturated heterocycles. The van der Waals surface area contributed by atoms with Gasteiger partial charge in [0.1, 0.15) is 0 Å².